The molecule has 0 N–H and O–H groups in total. The highest BCUT2D eigenvalue weighted by atomic mass is 35.5. The molecule has 4 bridgehead atoms. The molecular weight excluding hydrogens is 276 g/mol. The van der Waals surface area contributed by atoms with Crippen LogP contribution < -0.4 is 0 Å². The average molecular weight is 301 g/mol. The van der Waals surface area contributed by atoms with Crippen LogP contribution in [0, 0.1) is 17.8 Å². The van der Waals surface area contributed by atoms with Gasteiger partial charge in [-0.2, -0.15) is 0 Å². The Kier molecular flexibility index (Phi) is 3.16. The molecule has 3 unspecified atom stereocenters. The topological polar surface area (TPSA) is 27.7 Å². The summed E-state index contributed by atoms with van der Waals surface area (Å²) >= 11 is 6.83. The minimum Gasteiger partial charge on any atom is -0.370 e. The summed E-state index contributed by atoms with van der Waals surface area (Å²) in [6.45, 7) is 5.49. The van der Waals surface area contributed by atoms with Gasteiger partial charge in [0.25, 0.3) is 0 Å². The van der Waals surface area contributed by atoms with E-state index in [-0.39, 0.29) is 22.9 Å². The van der Waals surface area contributed by atoms with Crippen LogP contribution in [0.15, 0.2) is 0 Å². The highest BCUT2D eigenvalue weighted by Crippen LogP contribution is 2.67. The van der Waals surface area contributed by atoms with Crippen LogP contribution >= 0.6 is 11.6 Å². The second kappa shape index (κ2) is 4.58. The molecule has 4 heteroatoms. The minimum absolute atomic E-state index is 0.0541. The maximum atomic E-state index is 6.83. The van der Waals surface area contributed by atoms with Crippen molar-refractivity contribution in [2.75, 3.05) is 13.2 Å². The number of alkyl halides is 1. The molecule has 1 saturated heterocycles. The number of hydrogen-bond acceptors (Lipinski definition) is 3. The van der Waals surface area contributed by atoms with E-state index >= 15 is 0 Å². The Labute approximate surface area is 126 Å². The Morgan fingerprint density at radius 3 is 2.25 bits per heavy atom. The Balaban J connectivity index is 1.61. The zero-order valence-electron chi connectivity index (χ0n) is 12.4. The number of ether oxygens (including phenoxy) is 3. The van der Waals surface area contributed by atoms with E-state index in [4.69, 9.17) is 25.8 Å². The van der Waals surface area contributed by atoms with Crippen molar-refractivity contribution in [3.05, 3.63) is 0 Å². The summed E-state index contributed by atoms with van der Waals surface area (Å²) in [5.74, 6) is 1.95. The highest BCUT2D eigenvalue weighted by molar-refractivity contribution is 6.24. The molecule has 5 aliphatic rings. The van der Waals surface area contributed by atoms with Gasteiger partial charge in [0.2, 0.25) is 0 Å². The lowest BCUT2D eigenvalue weighted by molar-refractivity contribution is -0.427. The highest BCUT2D eigenvalue weighted by Gasteiger charge is 2.72. The first kappa shape index (κ1) is 13.8. The van der Waals surface area contributed by atoms with Gasteiger partial charge in [-0.3, -0.25) is 0 Å². The molecule has 1 spiro atoms. The molecule has 0 amide bonds. The van der Waals surface area contributed by atoms with Crippen LogP contribution in [0.5, 0.6) is 0 Å². The smallest absolute Gasteiger partial charge is 0.187 e. The molecule has 1 heterocycles. The molecule has 7 atom stereocenters. The normalized spacial score (nSPS) is 56.2. The second-order valence-electron chi connectivity index (χ2n) is 7.17. The lowest BCUT2D eigenvalue weighted by Crippen LogP contribution is -2.78. The molecule has 114 valence electrons. The van der Waals surface area contributed by atoms with Crippen molar-refractivity contribution in [1.82, 2.24) is 0 Å². The fourth-order valence-corrected chi connectivity index (χ4v) is 6.30. The van der Waals surface area contributed by atoms with Crippen molar-refractivity contribution in [1.29, 1.82) is 0 Å². The van der Waals surface area contributed by atoms with E-state index in [0.29, 0.717) is 18.4 Å². The average Bonchev–Trinajstić information content (AvgIpc) is 2.37. The quantitative estimate of drug-likeness (QED) is 0.745. The Bertz CT molecular complexity index is 383. The lowest BCUT2D eigenvalue weighted by Gasteiger charge is -2.70. The van der Waals surface area contributed by atoms with Gasteiger partial charge >= 0.3 is 0 Å². The largest absolute Gasteiger partial charge is 0.370 e. The van der Waals surface area contributed by atoms with Gasteiger partial charge in [-0.1, -0.05) is 0 Å². The summed E-state index contributed by atoms with van der Waals surface area (Å²) in [4.78, 5) is 0.0541. The first-order valence-electron chi connectivity index (χ1n) is 8.21. The van der Waals surface area contributed by atoms with Crippen LogP contribution in [0.25, 0.3) is 0 Å². The summed E-state index contributed by atoms with van der Waals surface area (Å²) in [6.07, 6.45) is 5.91. The van der Waals surface area contributed by atoms with Crippen LogP contribution in [-0.4, -0.2) is 36.1 Å². The van der Waals surface area contributed by atoms with Gasteiger partial charge < -0.3 is 14.2 Å². The zero-order chi connectivity index (χ0) is 14.0. The predicted molar refractivity (Wildman–Crippen MR) is 76.8 cm³/mol. The summed E-state index contributed by atoms with van der Waals surface area (Å²) in [7, 11) is 0. The third-order valence-corrected chi connectivity index (χ3v) is 6.54. The molecule has 4 saturated carbocycles. The van der Waals surface area contributed by atoms with Crippen molar-refractivity contribution in [3.8, 4) is 0 Å². The van der Waals surface area contributed by atoms with Gasteiger partial charge in [0.15, 0.2) is 6.29 Å². The first-order chi connectivity index (χ1) is 9.61. The summed E-state index contributed by atoms with van der Waals surface area (Å²) in [5, 5.41) is 0. The fraction of sp³-hybridized carbons (Fsp3) is 1.00. The summed E-state index contributed by atoms with van der Waals surface area (Å²) < 4.78 is 18.1. The molecule has 3 nitrogen and oxygen atoms in total. The Morgan fingerprint density at radius 1 is 1.05 bits per heavy atom. The van der Waals surface area contributed by atoms with E-state index in [9.17, 15) is 0 Å². The molecule has 5 rings (SSSR count). The van der Waals surface area contributed by atoms with Gasteiger partial charge in [-0.05, 0) is 63.7 Å². The Hall–Kier alpha value is 0.170. The first-order valence-corrected chi connectivity index (χ1v) is 8.59. The van der Waals surface area contributed by atoms with Crippen LogP contribution in [0.1, 0.15) is 46.0 Å². The third-order valence-electron chi connectivity index (χ3n) is 6.08. The van der Waals surface area contributed by atoms with E-state index < -0.39 is 0 Å². The minimum atomic E-state index is -0.163. The van der Waals surface area contributed by atoms with Crippen LogP contribution in [0.3, 0.4) is 0 Å². The number of rotatable bonds is 4. The molecule has 0 aromatic rings. The van der Waals surface area contributed by atoms with Crippen LogP contribution in [0.4, 0.5) is 0 Å². The third kappa shape index (κ3) is 1.70. The Morgan fingerprint density at radius 2 is 1.70 bits per heavy atom. The van der Waals surface area contributed by atoms with Gasteiger partial charge in [0, 0.05) is 18.1 Å². The van der Waals surface area contributed by atoms with Gasteiger partial charge in [0.1, 0.15) is 11.7 Å². The predicted octanol–water partition coefficient (Wildman–Crippen LogP) is 3.34. The van der Waals surface area contributed by atoms with Gasteiger partial charge in [-0.25, -0.2) is 0 Å². The summed E-state index contributed by atoms with van der Waals surface area (Å²) in [5.41, 5.74) is -0.0921. The van der Waals surface area contributed by atoms with Gasteiger partial charge in [0.05, 0.1) is 0 Å². The molecule has 0 aromatic carbocycles. The number of hydrogen-bond donors (Lipinski definition) is 0. The zero-order valence-corrected chi connectivity index (χ0v) is 13.2. The van der Waals surface area contributed by atoms with Crippen LogP contribution in [-0.2, 0) is 14.2 Å². The van der Waals surface area contributed by atoms with E-state index in [0.717, 1.165) is 25.4 Å². The van der Waals surface area contributed by atoms with Crippen molar-refractivity contribution in [2.45, 2.75) is 68.8 Å². The van der Waals surface area contributed by atoms with Crippen molar-refractivity contribution < 1.29 is 14.2 Å². The maximum Gasteiger partial charge on any atom is 0.187 e. The van der Waals surface area contributed by atoms with Crippen LogP contribution in [0.2, 0.25) is 0 Å². The van der Waals surface area contributed by atoms with Crippen molar-refractivity contribution >= 4 is 11.6 Å². The fourth-order valence-electron chi connectivity index (χ4n) is 5.71. The molecule has 0 aromatic heterocycles. The number of halogens is 1. The monoisotopic (exact) mass is 300 g/mol. The van der Waals surface area contributed by atoms with Crippen molar-refractivity contribution in [2.24, 2.45) is 17.8 Å². The van der Waals surface area contributed by atoms with Crippen molar-refractivity contribution in [3.63, 3.8) is 0 Å². The van der Waals surface area contributed by atoms with E-state index in [1.165, 1.54) is 19.3 Å². The standard InChI is InChI=1S/C16H25ClO3/c1-3-18-13-14(19-4-2)20-16(13)11-5-10-6-12(16)9-15(17,7-10)8-11/h10-14H,3-9H2,1-2H3/t10?,11-,12+,13-,14+,15?,16?/m1/s1. The second-order valence-corrected chi connectivity index (χ2v) is 7.97. The van der Waals surface area contributed by atoms with E-state index in [1.54, 1.807) is 0 Å². The lowest BCUT2D eigenvalue weighted by atomic mass is 9.47. The molecule has 0 radical (unpaired) electrons. The SMILES string of the molecule is CCO[C@H]1OC2([C@@H]3CC4C[C@H]2CC(Cl)(C4)C3)[C@@H]1OCC. The van der Waals surface area contributed by atoms with E-state index in [1.807, 2.05) is 6.92 Å². The summed E-state index contributed by atoms with van der Waals surface area (Å²) in [6, 6.07) is 0. The van der Waals surface area contributed by atoms with Gasteiger partial charge in [-0.15, -0.1) is 11.6 Å². The van der Waals surface area contributed by atoms with E-state index in [2.05, 4.69) is 6.92 Å². The maximum absolute atomic E-state index is 6.83. The molecule has 4 aliphatic carbocycles. The molecule has 20 heavy (non-hydrogen) atoms. The molecular formula is C16H25ClO3. The molecule has 1 aliphatic heterocycles. The molecule has 5 fully saturated rings.